The molecule has 1 aromatic carbocycles. The van der Waals surface area contributed by atoms with Crippen LogP contribution in [0.2, 0.25) is 5.02 Å². The highest BCUT2D eigenvalue weighted by Gasteiger charge is 2.22. The molecule has 0 aliphatic rings. The molecule has 0 aliphatic carbocycles. The van der Waals surface area contributed by atoms with Gasteiger partial charge in [0, 0.05) is 16.8 Å². The smallest absolute Gasteiger partial charge is 0.221 e. The summed E-state index contributed by atoms with van der Waals surface area (Å²) in [5.74, 6) is 1.80. The zero-order chi connectivity index (χ0) is 18.0. The van der Waals surface area contributed by atoms with E-state index >= 15 is 0 Å². The molecule has 6 heteroatoms. The van der Waals surface area contributed by atoms with Crippen LogP contribution in [0.15, 0.2) is 42.9 Å². The molecule has 0 spiro atoms. The second-order valence-corrected chi connectivity index (χ2v) is 6.75. The van der Waals surface area contributed by atoms with E-state index in [-0.39, 0.29) is 6.04 Å². The summed E-state index contributed by atoms with van der Waals surface area (Å²) in [5, 5.41) is 8.83. The molecular weight excluding hydrogens is 336 g/mol. The maximum absolute atomic E-state index is 6.16. The summed E-state index contributed by atoms with van der Waals surface area (Å²) < 4.78 is 7.54. The van der Waals surface area contributed by atoms with Gasteiger partial charge in [-0.1, -0.05) is 37.6 Å². The van der Waals surface area contributed by atoms with E-state index in [4.69, 9.17) is 16.3 Å². The average Bonchev–Trinajstić information content (AvgIpc) is 3.00. The van der Waals surface area contributed by atoms with Gasteiger partial charge in [0.05, 0.1) is 13.2 Å². The molecule has 0 bridgehead atoms. The Morgan fingerprint density at radius 2 is 2.00 bits per heavy atom. The standard InChI is InChI=1S/C19H21ClN4O/c1-12(2)18(24-11-22-23-13(24)3)15-9-17(19(25-4)21-10-15)14-6-5-7-16(20)8-14/h5-12,18H,1-4H3. The van der Waals surface area contributed by atoms with Gasteiger partial charge in [-0.25, -0.2) is 4.98 Å². The number of benzene rings is 1. The van der Waals surface area contributed by atoms with E-state index in [1.54, 1.807) is 13.4 Å². The van der Waals surface area contributed by atoms with Gasteiger partial charge in [-0.15, -0.1) is 10.2 Å². The van der Waals surface area contributed by atoms with Crippen LogP contribution in [0.5, 0.6) is 5.88 Å². The van der Waals surface area contributed by atoms with Crippen LogP contribution in [0.25, 0.3) is 11.1 Å². The van der Waals surface area contributed by atoms with Crippen molar-refractivity contribution < 1.29 is 4.74 Å². The van der Waals surface area contributed by atoms with Crippen molar-refractivity contribution in [3.05, 3.63) is 59.3 Å². The highest BCUT2D eigenvalue weighted by molar-refractivity contribution is 6.30. The normalized spacial score (nSPS) is 12.4. The number of aryl methyl sites for hydroxylation is 1. The van der Waals surface area contributed by atoms with Gasteiger partial charge in [-0.05, 0) is 42.2 Å². The van der Waals surface area contributed by atoms with Gasteiger partial charge in [0.15, 0.2) is 0 Å². The van der Waals surface area contributed by atoms with Gasteiger partial charge < -0.3 is 9.30 Å². The first-order valence-corrected chi connectivity index (χ1v) is 8.55. The fourth-order valence-electron chi connectivity index (χ4n) is 3.10. The van der Waals surface area contributed by atoms with E-state index in [2.05, 4.69) is 39.7 Å². The number of ether oxygens (including phenoxy) is 1. The lowest BCUT2D eigenvalue weighted by Crippen LogP contribution is -2.18. The van der Waals surface area contributed by atoms with Crippen LogP contribution in [0, 0.1) is 12.8 Å². The van der Waals surface area contributed by atoms with Gasteiger partial charge in [0.2, 0.25) is 5.88 Å². The summed E-state index contributed by atoms with van der Waals surface area (Å²) in [4.78, 5) is 4.53. The third-order valence-corrected chi connectivity index (χ3v) is 4.46. The molecule has 0 saturated heterocycles. The summed E-state index contributed by atoms with van der Waals surface area (Å²) in [6.45, 7) is 6.30. The number of halogens is 1. The molecule has 2 aromatic heterocycles. The van der Waals surface area contributed by atoms with Crippen LogP contribution in [0.3, 0.4) is 0 Å². The first kappa shape index (κ1) is 17.4. The third kappa shape index (κ3) is 3.51. The molecule has 25 heavy (non-hydrogen) atoms. The second kappa shape index (κ2) is 7.23. The van der Waals surface area contributed by atoms with Crippen molar-refractivity contribution in [1.29, 1.82) is 0 Å². The number of nitrogens with zero attached hydrogens (tertiary/aromatic N) is 4. The third-order valence-electron chi connectivity index (χ3n) is 4.23. The van der Waals surface area contributed by atoms with Crippen molar-refractivity contribution >= 4 is 11.6 Å². The number of aromatic nitrogens is 4. The minimum atomic E-state index is 0.0892. The van der Waals surface area contributed by atoms with Crippen molar-refractivity contribution in [2.45, 2.75) is 26.8 Å². The number of pyridine rings is 1. The van der Waals surface area contributed by atoms with Crippen LogP contribution in [0.4, 0.5) is 0 Å². The predicted octanol–water partition coefficient (Wildman–Crippen LogP) is 4.56. The lowest BCUT2D eigenvalue weighted by atomic mass is 9.94. The minimum absolute atomic E-state index is 0.0892. The summed E-state index contributed by atoms with van der Waals surface area (Å²) in [7, 11) is 1.62. The number of rotatable bonds is 5. The van der Waals surface area contributed by atoms with E-state index in [9.17, 15) is 0 Å². The van der Waals surface area contributed by atoms with E-state index in [0.29, 0.717) is 16.8 Å². The maximum Gasteiger partial charge on any atom is 0.221 e. The lowest BCUT2D eigenvalue weighted by Gasteiger charge is -2.24. The van der Waals surface area contributed by atoms with E-state index in [1.165, 1.54) is 0 Å². The Hall–Kier alpha value is -2.40. The van der Waals surface area contributed by atoms with Crippen LogP contribution >= 0.6 is 11.6 Å². The summed E-state index contributed by atoms with van der Waals surface area (Å²) in [6.07, 6.45) is 3.63. The summed E-state index contributed by atoms with van der Waals surface area (Å²) in [6, 6.07) is 9.90. The molecule has 130 valence electrons. The van der Waals surface area contributed by atoms with Gasteiger partial charge in [0.1, 0.15) is 12.2 Å². The highest BCUT2D eigenvalue weighted by atomic mass is 35.5. The van der Waals surface area contributed by atoms with E-state index < -0.39 is 0 Å². The molecule has 0 N–H and O–H groups in total. The Balaban J connectivity index is 2.14. The highest BCUT2D eigenvalue weighted by Crippen LogP contribution is 2.35. The fraction of sp³-hybridized carbons (Fsp3) is 0.316. The molecule has 0 radical (unpaired) electrons. The Bertz CT molecular complexity index is 875. The molecule has 5 nitrogen and oxygen atoms in total. The molecule has 2 heterocycles. The van der Waals surface area contributed by atoms with Gasteiger partial charge in [-0.3, -0.25) is 0 Å². The monoisotopic (exact) mass is 356 g/mol. The molecular formula is C19H21ClN4O. The van der Waals surface area contributed by atoms with Crippen LogP contribution in [0.1, 0.15) is 31.3 Å². The molecule has 0 saturated carbocycles. The number of hydrogen-bond donors (Lipinski definition) is 0. The lowest BCUT2D eigenvalue weighted by molar-refractivity contribution is 0.395. The van der Waals surface area contributed by atoms with Gasteiger partial charge >= 0.3 is 0 Å². The Morgan fingerprint density at radius 3 is 2.60 bits per heavy atom. The van der Waals surface area contributed by atoms with E-state index in [1.807, 2.05) is 37.4 Å². The van der Waals surface area contributed by atoms with Crippen molar-refractivity contribution in [3.63, 3.8) is 0 Å². The Kier molecular flexibility index (Phi) is 5.04. The topological polar surface area (TPSA) is 52.8 Å². The minimum Gasteiger partial charge on any atom is -0.481 e. The fourth-order valence-corrected chi connectivity index (χ4v) is 3.29. The zero-order valence-electron chi connectivity index (χ0n) is 14.8. The Morgan fingerprint density at radius 1 is 1.20 bits per heavy atom. The van der Waals surface area contributed by atoms with Crippen molar-refractivity contribution in [3.8, 4) is 17.0 Å². The molecule has 3 aromatic rings. The summed E-state index contributed by atoms with van der Waals surface area (Å²) in [5.41, 5.74) is 2.97. The SMILES string of the molecule is COc1ncc(C(C(C)C)n2cnnc2C)cc1-c1cccc(Cl)c1. The van der Waals surface area contributed by atoms with Crippen molar-refractivity contribution in [2.24, 2.45) is 5.92 Å². The first-order chi connectivity index (χ1) is 12.0. The largest absolute Gasteiger partial charge is 0.481 e. The van der Waals surface area contributed by atoms with Crippen LogP contribution in [-0.2, 0) is 0 Å². The quantitative estimate of drug-likeness (QED) is 0.672. The van der Waals surface area contributed by atoms with E-state index in [0.717, 1.165) is 22.5 Å². The van der Waals surface area contributed by atoms with Gasteiger partial charge in [-0.2, -0.15) is 0 Å². The molecule has 3 rings (SSSR count). The van der Waals surface area contributed by atoms with Crippen LogP contribution < -0.4 is 4.74 Å². The number of methoxy groups -OCH3 is 1. The molecule has 1 atom stereocenters. The zero-order valence-corrected chi connectivity index (χ0v) is 15.5. The second-order valence-electron chi connectivity index (χ2n) is 6.31. The van der Waals surface area contributed by atoms with Crippen molar-refractivity contribution in [2.75, 3.05) is 7.11 Å². The first-order valence-electron chi connectivity index (χ1n) is 8.17. The molecule has 0 amide bonds. The molecule has 0 fully saturated rings. The molecule has 1 unspecified atom stereocenters. The maximum atomic E-state index is 6.16. The van der Waals surface area contributed by atoms with Crippen LogP contribution in [-0.4, -0.2) is 26.9 Å². The molecule has 0 aliphatic heterocycles. The predicted molar refractivity (Wildman–Crippen MR) is 99.0 cm³/mol. The average molecular weight is 357 g/mol. The number of hydrogen-bond acceptors (Lipinski definition) is 4. The van der Waals surface area contributed by atoms with Gasteiger partial charge in [0.25, 0.3) is 0 Å². The summed E-state index contributed by atoms with van der Waals surface area (Å²) >= 11 is 6.16. The van der Waals surface area contributed by atoms with Crippen molar-refractivity contribution in [1.82, 2.24) is 19.7 Å². The Labute approximate surface area is 152 Å².